The third-order valence-corrected chi connectivity index (χ3v) is 5.37. The number of rotatable bonds is 3. The van der Waals surface area contributed by atoms with Crippen LogP contribution in [-0.4, -0.2) is 31.4 Å². The van der Waals surface area contributed by atoms with Crippen LogP contribution in [0.4, 0.5) is 0 Å². The Morgan fingerprint density at radius 1 is 1.11 bits per heavy atom. The molecule has 0 amide bonds. The first kappa shape index (κ1) is 16.1. The lowest BCUT2D eigenvalue weighted by molar-refractivity contribution is 0.241. The van der Waals surface area contributed by atoms with Crippen LogP contribution in [-0.2, 0) is 19.5 Å². The molecule has 0 spiro atoms. The van der Waals surface area contributed by atoms with Crippen LogP contribution in [0.5, 0.6) is 0 Å². The fourth-order valence-electron chi connectivity index (χ4n) is 3.89. The lowest BCUT2D eigenvalue weighted by atomic mass is 10.0. The van der Waals surface area contributed by atoms with Crippen LogP contribution in [0.3, 0.4) is 0 Å². The maximum absolute atomic E-state index is 4.86. The fourth-order valence-corrected chi connectivity index (χ4v) is 3.89. The summed E-state index contributed by atoms with van der Waals surface area (Å²) >= 11 is 0. The van der Waals surface area contributed by atoms with Crippen LogP contribution < -0.4 is 0 Å². The molecule has 1 aliphatic rings. The SMILES string of the molecule is Cc1[nH]c2ccccc2c1CN1CCc2cnc(-c3ccncc3)nc2C1. The highest BCUT2D eigenvalue weighted by Gasteiger charge is 2.21. The van der Waals surface area contributed by atoms with Gasteiger partial charge in [0.15, 0.2) is 5.82 Å². The number of nitrogens with zero attached hydrogens (tertiary/aromatic N) is 4. The molecule has 0 radical (unpaired) electrons. The van der Waals surface area contributed by atoms with Gasteiger partial charge in [-0.05, 0) is 42.7 Å². The average molecular weight is 355 g/mol. The van der Waals surface area contributed by atoms with Crippen molar-refractivity contribution >= 4 is 10.9 Å². The zero-order chi connectivity index (χ0) is 18.2. The average Bonchev–Trinajstić information content (AvgIpc) is 3.03. The quantitative estimate of drug-likeness (QED) is 0.606. The summed E-state index contributed by atoms with van der Waals surface area (Å²) < 4.78 is 0. The van der Waals surface area contributed by atoms with Gasteiger partial charge in [-0.2, -0.15) is 0 Å². The lowest BCUT2D eigenvalue weighted by Gasteiger charge is -2.28. The number of H-pyrrole nitrogens is 1. The summed E-state index contributed by atoms with van der Waals surface area (Å²) in [5, 5.41) is 1.32. The molecule has 0 atom stereocenters. The molecule has 4 heterocycles. The van der Waals surface area contributed by atoms with Crippen molar-refractivity contribution in [2.24, 2.45) is 0 Å². The van der Waals surface area contributed by atoms with E-state index in [0.29, 0.717) is 0 Å². The molecule has 5 rings (SSSR count). The topological polar surface area (TPSA) is 57.7 Å². The minimum absolute atomic E-state index is 0.779. The fraction of sp³-hybridized carbons (Fsp3) is 0.227. The number of para-hydroxylation sites is 1. The second kappa shape index (κ2) is 6.59. The van der Waals surface area contributed by atoms with Crippen LogP contribution in [0, 0.1) is 6.92 Å². The minimum atomic E-state index is 0.779. The summed E-state index contributed by atoms with van der Waals surface area (Å²) in [5.41, 5.74) is 7.27. The van der Waals surface area contributed by atoms with Crippen molar-refractivity contribution in [1.82, 2.24) is 24.8 Å². The van der Waals surface area contributed by atoms with Gasteiger partial charge in [0.25, 0.3) is 0 Å². The standard InChI is InChI=1S/C22H21N5/c1-15-19(18-4-2-3-5-20(18)25-15)13-27-11-8-17-12-24-22(26-21(17)14-27)16-6-9-23-10-7-16/h2-7,9-10,12,25H,8,11,13-14H2,1H3. The van der Waals surface area contributed by atoms with Gasteiger partial charge in [-0.1, -0.05) is 18.2 Å². The third kappa shape index (κ3) is 3.00. The number of nitrogens with one attached hydrogen (secondary N) is 1. The van der Waals surface area contributed by atoms with E-state index in [0.717, 1.165) is 43.1 Å². The number of aromatic amines is 1. The van der Waals surface area contributed by atoms with Crippen molar-refractivity contribution in [2.45, 2.75) is 26.4 Å². The van der Waals surface area contributed by atoms with Gasteiger partial charge in [-0.15, -0.1) is 0 Å². The van der Waals surface area contributed by atoms with Gasteiger partial charge in [0.2, 0.25) is 0 Å². The number of fused-ring (bicyclic) bond motifs is 2. The molecule has 1 aliphatic heterocycles. The number of aryl methyl sites for hydroxylation is 1. The van der Waals surface area contributed by atoms with E-state index in [2.05, 4.69) is 51.0 Å². The van der Waals surface area contributed by atoms with Crippen LogP contribution in [0.2, 0.25) is 0 Å². The van der Waals surface area contributed by atoms with Gasteiger partial charge < -0.3 is 4.98 Å². The molecule has 1 N–H and O–H groups in total. The number of hydrogen-bond acceptors (Lipinski definition) is 4. The Morgan fingerprint density at radius 2 is 1.96 bits per heavy atom. The number of benzene rings is 1. The molecule has 27 heavy (non-hydrogen) atoms. The van der Waals surface area contributed by atoms with E-state index in [1.807, 2.05) is 18.3 Å². The van der Waals surface area contributed by atoms with E-state index in [4.69, 9.17) is 4.98 Å². The van der Waals surface area contributed by atoms with Crippen LogP contribution in [0.15, 0.2) is 55.0 Å². The molecule has 0 saturated heterocycles. The summed E-state index contributed by atoms with van der Waals surface area (Å²) in [5.74, 6) is 0.779. The Hall–Kier alpha value is -3.05. The molecule has 0 bridgehead atoms. The van der Waals surface area contributed by atoms with E-state index in [1.165, 1.54) is 27.7 Å². The van der Waals surface area contributed by atoms with Gasteiger partial charge in [0, 0.05) is 60.4 Å². The van der Waals surface area contributed by atoms with Gasteiger partial charge in [0.1, 0.15) is 0 Å². The number of aromatic nitrogens is 4. The maximum atomic E-state index is 4.86. The van der Waals surface area contributed by atoms with Crippen molar-refractivity contribution in [3.63, 3.8) is 0 Å². The smallest absolute Gasteiger partial charge is 0.159 e. The molecule has 3 aromatic heterocycles. The zero-order valence-corrected chi connectivity index (χ0v) is 15.3. The summed E-state index contributed by atoms with van der Waals surface area (Å²) in [6.45, 7) is 4.99. The van der Waals surface area contributed by atoms with Crippen molar-refractivity contribution < 1.29 is 0 Å². The maximum Gasteiger partial charge on any atom is 0.159 e. The molecular weight excluding hydrogens is 334 g/mol. The molecule has 0 aliphatic carbocycles. The Labute approximate surface area is 158 Å². The summed E-state index contributed by atoms with van der Waals surface area (Å²) in [7, 11) is 0. The zero-order valence-electron chi connectivity index (χ0n) is 15.3. The molecule has 0 saturated carbocycles. The van der Waals surface area contributed by atoms with Gasteiger partial charge in [0.05, 0.1) is 5.69 Å². The van der Waals surface area contributed by atoms with Crippen LogP contribution in [0.25, 0.3) is 22.3 Å². The predicted octanol–water partition coefficient (Wildman–Crippen LogP) is 3.89. The second-order valence-corrected chi connectivity index (χ2v) is 7.14. The highest BCUT2D eigenvalue weighted by Crippen LogP contribution is 2.26. The van der Waals surface area contributed by atoms with E-state index in [9.17, 15) is 0 Å². The Balaban J connectivity index is 1.43. The molecule has 0 fully saturated rings. The highest BCUT2D eigenvalue weighted by molar-refractivity contribution is 5.84. The van der Waals surface area contributed by atoms with E-state index < -0.39 is 0 Å². The highest BCUT2D eigenvalue weighted by atomic mass is 15.1. The Bertz CT molecular complexity index is 1100. The van der Waals surface area contributed by atoms with Crippen molar-refractivity contribution in [1.29, 1.82) is 0 Å². The van der Waals surface area contributed by atoms with Crippen LogP contribution in [0.1, 0.15) is 22.5 Å². The summed E-state index contributed by atoms with van der Waals surface area (Å²) in [6, 6.07) is 12.5. The normalized spacial score (nSPS) is 14.4. The van der Waals surface area contributed by atoms with Crippen LogP contribution >= 0.6 is 0 Å². The molecule has 0 unspecified atom stereocenters. The lowest BCUT2D eigenvalue weighted by Crippen LogP contribution is -2.31. The van der Waals surface area contributed by atoms with Crippen molar-refractivity contribution in [2.75, 3.05) is 6.54 Å². The molecule has 1 aromatic carbocycles. The predicted molar refractivity (Wildman–Crippen MR) is 106 cm³/mol. The van der Waals surface area contributed by atoms with E-state index in [1.54, 1.807) is 12.4 Å². The Morgan fingerprint density at radius 3 is 2.85 bits per heavy atom. The number of hydrogen-bond donors (Lipinski definition) is 1. The second-order valence-electron chi connectivity index (χ2n) is 7.14. The van der Waals surface area contributed by atoms with E-state index >= 15 is 0 Å². The molecule has 5 heteroatoms. The molecule has 134 valence electrons. The monoisotopic (exact) mass is 355 g/mol. The van der Waals surface area contributed by atoms with Crippen molar-refractivity contribution in [3.05, 3.63) is 77.5 Å². The largest absolute Gasteiger partial charge is 0.358 e. The first-order valence-corrected chi connectivity index (χ1v) is 9.31. The van der Waals surface area contributed by atoms with Gasteiger partial charge >= 0.3 is 0 Å². The van der Waals surface area contributed by atoms with Crippen molar-refractivity contribution in [3.8, 4) is 11.4 Å². The van der Waals surface area contributed by atoms with Gasteiger partial charge in [-0.3, -0.25) is 9.88 Å². The Kier molecular flexibility index (Phi) is 3.94. The first-order chi connectivity index (χ1) is 13.3. The van der Waals surface area contributed by atoms with Gasteiger partial charge in [-0.25, -0.2) is 9.97 Å². The summed E-state index contributed by atoms with van der Waals surface area (Å²) in [6.07, 6.45) is 6.55. The molecule has 4 aromatic rings. The molecule has 5 nitrogen and oxygen atoms in total. The molecular formula is C22H21N5. The third-order valence-electron chi connectivity index (χ3n) is 5.37. The number of pyridine rings is 1. The minimum Gasteiger partial charge on any atom is -0.358 e. The van der Waals surface area contributed by atoms with E-state index in [-0.39, 0.29) is 0 Å². The summed E-state index contributed by atoms with van der Waals surface area (Å²) in [4.78, 5) is 19.5. The first-order valence-electron chi connectivity index (χ1n) is 9.31.